The largest absolute Gasteiger partial charge is 0.458 e. The van der Waals surface area contributed by atoms with Crippen LogP contribution < -0.4 is 58.0 Å². The zero-order valence-corrected chi connectivity index (χ0v) is 22.4. The fourth-order valence-electron chi connectivity index (χ4n) is 7.00. The molecule has 0 radical (unpaired) electrons. The molecule has 190 valence electrons. The maximum absolute atomic E-state index is 6.60. The normalized spacial score (nSPS) is 14.2. The summed E-state index contributed by atoms with van der Waals surface area (Å²) in [6.45, 7) is 6.40. The number of hydrogen-bond acceptors (Lipinski definition) is 5. The summed E-state index contributed by atoms with van der Waals surface area (Å²) in [6.07, 6.45) is 0. The molecule has 7 heteroatoms. The number of fused-ring (bicyclic) bond motifs is 8. The average Bonchev–Trinajstić information content (AvgIpc) is 2.92. The van der Waals surface area contributed by atoms with Gasteiger partial charge >= 0.3 is 0 Å². The number of aryl methyl sites for hydroxylation is 3. The first kappa shape index (κ1) is 22.1. The predicted molar refractivity (Wildman–Crippen MR) is 164 cm³/mol. The molecule has 0 spiro atoms. The van der Waals surface area contributed by atoms with Gasteiger partial charge in [0.25, 0.3) is 13.4 Å². The second-order valence-corrected chi connectivity index (χ2v) is 11.4. The van der Waals surface area contributed by atoms with E-state index in [9.17, 15) is 0 Å². The molecule has 5 nitrogen and oxygen atoms in total. The van der Waals surface area contributed by atoms with Crippen LogP contribution in [0.4, 0.5) is 17.1 Å². The molecule has 0 fully saturated rings. The topological polar surface area (TPSA) is 65.7 Å². The number of benzene rings is 5. The van der Waals surface area contributed by atoms with Crippen LogP contribution in [0.2, 0.25) is 0 Å². The Balaban J connectivity index is 1.33. The van der Waals surface area contributed by atoms with E-state index in [0.29, 0.717) is 5.69 Å². The molecule has 0 aromatic heterocycles. The number of rotatable bonds is 0. The lowest BCUT2D eigenvalue weighted by molar-refractivity contribution is 0.465. The van der Waals surface area contributed by atoms with Crippen molar-refractivity contribution in [2.45, 2.75) is 20.8 Å². The molecule has 5 aromatic carbocycles. The van der Waals surface area contributed by atoms with Crippen molar-refractivity contribution in [2.24, 2.45) is 0 Å². The highest BCUT2D eigenvalue weighted by atomic mass is 16.5. The van der Waals surface area contributed by atoms with Crippen molar-refractivity contribution >= 4 is 63.3 Å². The van der Waals surface area contributed by atoms with Crippen LogP contribution in [0.1, 0.15) is 16.7 Å². The Bertz CT molecular complexity index is 1990. The molecule has 4 aliphatic rings. The van der Waals surface area contributed by atoms with E-state index in [1.807, 2.05) is 18.2 Å². The Morgan fingerprint density at radius 2 is 1.20 bits per heavy atom. The van der Waals surface area contributed by atoms with Gasteiger partial charge in [0, 0.05) is 40.7 Å². The third-order valence-electron chi connectivity index (χ3n) is 8.89. The van der Waals surface area contributed by atoms with E-state index < -0.39 is 0 Å². The van der Waals surface area contributed by atoms with Gasteiger partial charge in [-0.3, -0.25) is 0 Å². The van der Waals surface area contributed by atoms with Crippen LogP contribution >= 0.6 is 0 Å². The second kappa shape index (κ2) is 7.45. The molecule has 9 rings (SSSR count). The van der Waals surface area contributed by atoms with Gasteiger partial charge in [0.15, 0.2) is 0 Å². The summed E-state index contributed by atoms with van der Waals surface area (Å²) in [7, 11) is 0. The Hall–Kier alpha value is -4.77. The molecule has 0 saturated heterocycles. The molecule has 0 bridgehead atoms. The van der Waals surface area contributed by atoms with Gasteiger partial charge in [-0.15, -0.1) is 0 Å². The highest BCUT2D eigenvalue weighted by molar-refractivity contribution is 7.01. The van der Waals surface area contributed by atoms with E-state index in [2.05, 4.69) is 80.7 Å². The van der Waals surface area contributed by atoms with Gasteiger partial charge in [-0.1, -0.05) is 30.3 Å². The number of para-hydroxylation sites is 1. The maximum Gasteiger partial charge on any atom is 0.260 e. The predicted octanol–water partition coefficient (Wildman–Crippen LogP) is 3.60. The lowest BCUT2D eigenvalue weighted by atomic mass is 9.31. The fourth-order valence-corrected chi connectivity index (χ4v) is 7.00. The average molecular weight is 518 g/mol. The second-order valence-electron chi connectivity index (χ2n) is 11.4. The highest BCUT2D eigenvalue weighted by Gasteiger charge is 2.44. The van der Waals surface area contributed by atoms with Gasteiger partial charge in [-0.2, -0.15) is 0 Å². The maximum atomic E-state index is 6.60. The van der Waals surface area contributed by atoms with Crippen molar-refractivity contribution in [3.05, 3.63) is 89.5 Å². The number of anilines is 3. The van der Waals surface area contributed by atoms with Gasteiger partial charge in [0.2, 0.25) is 0 Å². The van der Waals surface area contributed by atoms with Crippen molar-refractivity contribution in [3.63, 3.8) is 0 Å². The minimum absolute atomic E-state index is 0.0309. The lowest BCUT2D eigenvalue weighted by Gasteiger charge is -2.37. The third-order valence-corrected chi connectivity index (χ3v) is 8.89. The summed E-state index contributed by atoms with van der Waals surface area (Å²) in [5.41, 5.74) is 19.5. The molecule has 0 saturated carbocycles. The van der Waals surface area contributed by atoms with E-state index in [1.165, 1.54) is 27.5 Å². The molecule has 0 atom stereocenters. The standard InChI is InChI=1S/C33H24B2N2O3/c1-16-8-25-32-29(9-16)38-26-7-5-4-6-20(26)34(32)21-14-23-28(15-24(21)37-25)40-31-13-19(36)12-30-33(31)35(23)22-10-17(2)18(3)11-27(22)39-30/h4-15,37H,36H2,1-3H3. The first-order valence-electron chi connectivity index (χ1n) is 13.7. The van der Waals surface area contributed by atoms with Gasteiger partial charge in [-0.05, 0) is 89.0 Å². The number of nitrogen functional groups attached to an aromatic ring is 1. The van der Waals surface area contributed by atoms with Crippen LogP contribution in [0.3, 0.4) is 0 Å². The van der Waals surface area contributed by atoms with Crippen molar-refractivity contribution in [1.29, 1.82) is 0 Å². The van der Waals surface area contributed by atoms with Gasteiger partial charge in [-0.25, -0.2) is 0 Å². The molecule has 0 amide bonds. The van der Waals surface area contributed by atoms with E-state index in [4.69, 9.17) is 19.9 Å². The van der Waals surface area contributed by atoms with Crippen molar-refractivity contribution in [1.82, 2.24) is 0 Å². The Morgan fingerprint density at radius 3 is 2.02 bits per heavy atom. The first-order valence-corrected chi connectivity index (χ1v) is 13.7. The van der Waals surface area contributed by atoms with Crippen LogP contribution in [0, 0.1) is 20.8 Å². The van der Waals surface area contributed by atoms with Crippen LogP contribution in [0.5, 0.6) is 34.5 Å². The SMILES string of the molecule is Cc1cc2c3c(c1)Oc1ccccc1B3c1cc3c(cc1N2)Oc1cc(N)cc2c1B3c1cc(C)c(C)cc1O2. The van der Waals surface area contributed by atoms with E-state index in [1.54, 1.807) is 0 Å². The summed E-state index contributed by atoms with van der Waals surface area (Å²) in [4.78, 5) is 0. The summed E-state index contributed by atoms with van der Waals surface area (Å²) < 4.78 is 19.5. The molecule has 4 heterocycles. The van der Waals surface area contributed by atoms with Crippen LogP contribution in [-0.2, 0) is 0 Å². The number of nitrogens with two attached hydrogens (primary N) is 1. The minimum Gasteiger partial charge on any atom is -0.458 e. The molecule has 4 aliphatic heterocycles. The molecule has 0 unspecified atom stereocenters. The minimum atomic E-state index is -0.0309. The molecular formula is C33H24B2N2O3. The van der Waals surface area contributed by atoms with Gasteiger partial charge in [0.1, 0.15) is 34.5 Å². The van der Waals surface area contributed by atoms with Crippen molar-refractivity contribution < 1.29 is 14.2 Å². The summed E-state index contributed by atoms with van der Waals surface area (Å²) in [5, 5.41) is 3.72. The third kappa shape index (κ3) is 2.84. The molecular weight excluding hydrogens is 494 g/mol. The fraction of sp³-hybridized carbons (Fsp3) is 0.0909. The summed E-state index contributed by atoms with van der Waals surface area (Å²) in [6, 6.07) is 25.5. The van der Waals surface area contributed by atoms with E-state index in [0.717, 1.165) is 67.8 Å². The van der Waals surface area contributed by atoms with E-state index in [-0.39, 0.29) is 13.4 Å². The number of nitrogens with one attached hydrogen (secondary N) is 1. The zero-order valence-electron chi connectivity index (χ0n) is 22.4. The van der Waals surface area contributed by atoms with Crippen molar-refractivity contribution in [2.75, 3.05) is 11.1 Å². The number of hydrogen-bond donors (Lipinski definition) is 2. The monoisotopic (exact) mass is 518 g/mol. The quantitative estimate of drug-likeness (QED) is 0.238. The van der Waals surface area contributed by atoms with Crippen LogP contribution in [0.15, 0.2) is 72.8 Å². The summed E-state index contributed by atoms with van der Waals surface area (Å²) in [5.74, 6) is 5.04. The van der Waals surface area contributed by atoms with Gasteiger partial charge < -0.3 is 25.3 Å². The number of ether oxygens (including phenoxy) is 3. The Morgan fingerprint density at radius 1 is 0.550 bits per heavy atom. The van der Waals surface area contributed by atoms with Gasteiger partial charge in [0.05, 0.1) is 0 Å². The molecule has 40 heavy (non-hydrogen) atoms. The molecule has 3 N–H and O–H groups in total. The Labute approximate surface area is 233 Å². The lowest BCUT2D eigenvalue weighted by Crippen LogP contribution is -2.62. The van der Waals surface area contributed by atoms with Crippen molar-refractivity contribution in [3.8, 4) is 34.5 Å². The molecule has 0 aliphatic carbocycles. The Kier molecular flexibility index (Phi) is 4.11. The summed E-state index contributed by atoms with van der Waals surface area (Å²) >= 11 is 0. The van der Waals surface area contributed by atoms with E-state index >= 15 is 0 Å². The first-order chi connectivity index (χ1) is 19.4. The smallest absolute Gasteiger partial charge is 0.260 e. The van der Waals surface area contributed by atoms with Crippen LogP contribution in [-0.4, -0.2) is 13.4 Å². The molecule has 5 aromatic rings. The van der Waals surface area contributed by atoms with Crippen LogP contribution in [0.25, 0.3) is 0 Å². The highest BCUT2D eigenvalue weighted by Crippen LogP contribution is 2.39. The zero-order chi connectivity index (χ0) is 26.9.